The second-order valence-corrected chi connectivity index (χ2v) is 12.6. The van der Waals surface area contributed by atoms with E-state index in [9.17, 15) is 18.0 Å². The topological polar surface area (TPSA) is 79.4 Å². The highest BCUT2D eigenvalue weighted by atomic mass is 127. The Morgan fingerprint density at radius 3 is 2.46 bits per heavy atom. The van der Waals surface area contributed by atoms with Crippen LogP contribution < -0.4 is 26.0 Å². The number of halogens is 4. The molecule has 0 atom stereocenters. The largest absolute Gasteiger partial charge is 0.495 e. The van der Waals surface area contributed by atoms with E-state index in [0.717, 1.165) is 31.4 Å². The first-order valence-corrected chi connectivity index (χ1v) is 14.4. The molecule has 0 radical (unpaired) electrons. The number of amides is 1. The van der Waals surface area contributed by atoms with Crippen molar-refractivity contribution in [3.63, 3.8) is 0 Å². The Bertz CT molecular complexity index is 1470. The molecule has 1 aromatic heterocycles. The summed E-state index contributed by atoms with van der Waals surface area (Å²) in [5.74, 6) is 6.10. The number of nitrogens with one attached hydrogen (secondary N) is 4. The number of carbonyl (C=O) groups excluding carboxylic acids is 1. The molecule has 1 saturated carbocycles. The van der Waals surface area contributed by atoms with E-state index < -0.39 is 12.7 Å². The molecule has 3 aromatic rings. The number of hydrogen-bond acceptors (Lipinski definition) is 5. The van der Waals surface area contributed by atoms with Crippen LogP contribution in [-0.2, 0) is 6.54 Å². The van der Waals surface area contributed by atoms with Gasteiger partial charge in [-0.2, -0.15) is 13.2 Å². The van der Waals surface area contributed by atoms with Gasteiger partial charge in [0.15, 0.2) is 0 Å². The van der Waals surface area contributed by atoms with Crippen LogP contribution in [-0.4, -0.2) is 53.5 Å². The second-order valence-electron chi connectivity index (χ2n) is 10.5. The lowest BCUT2D eigenvalue weighted by Crippen LogP contribution is -2.48. The van der Waals surface area contributed by atoms with E-state index in [1.807, 2.05) is 13.1 Å². The van der Waals surface area contributed by atoms with E-state index in [2.05, 4.69) is 62.6 Å². The van der Waals surface area contributed by atoms with E-state index in [1.165, 1.54) is 11.7 Å². The van der Waals surface area contributed by atoms with Crippen molar-refractivity contribution in [1.29, 1.82) is 0 Å². The molecule has 11 heteroatoms. The third-order valence-electron chi connectivity index (χ3n) is 7.67. The third-order valence-corrected chi connectivity index (χ3v) is 9.01. The van der Waals surface area contributed by atoms with Crippen LogP contribution in [0.25, 0.3) is 10.9 Å². The molecule has 1 aliphatic rings. The first-order chi connectivity index (χ1) is 19.4. The maximum atomic E-state index is 13.6. The van der Waals surface area contributed by atoms with Crippen LogP contribution >= 0.6 is 22.6 Å². The molecule has 220 valence electrons. The Balaban J connectivity index is 1.59. The monoisotopic (exact) mass is 681 g/mol. The minimum absolute atomic E-state index is 0.0887. The number of anilines is 2. The number of methoxy groups -OCH3 is 1. The molecule has 1 fully saturated rings. The first kappa shape index (κ1) is 30.8. The van der Waals surface area contributed by atoms with Gasteiger partial charge in [0.05, 0.1) is 34.1 Å². The molecule has 1 heterocycles. The van der Waals surface area contributed by atoms with E-state index in [1.54, 1.807) is 43.4 Å². The molecule has 4 rings (SSSR count). The van der Waals surface area contributed by atoms with Crippen molar-refractivity contribution in [2.45, 2.75) is 54.4 Å². The SMILES string of the molecule is CNC(=O)c1ccc(NCC#Cc2cc3c(NC4(I)CCC(C)(NC)CC4)cccc3n2CC(F)(F)F)c(OC)c1. The summed E-state index contributed by atoms with van der Waals surface area (Å²) >= 11 is 2.45. The Labute approximate surface area is 252 Å². The van der Waals surface area contributed by atoms with E-state index in [0.29, 0.717) is 27.9 Å². The van der Waals surface area contributed by atoms with Crippen LogP contribution in [0.15, 0.2) is 42.5 Å². The Morgan fingerprint density at radius 1 is 1.10 bits per heavy atom. The summed E-state index contributed by atoms with van der Waals surface area (Å²) in [6, 6.07) is 12.1. The van der Waals surface area contributed by atoms with Crippen molar-refractivity contribution in [1.82, 2.24) is 15.2 Å². The van der Waals surface area contributed by atoms with E-state index in [4.69, 9.17) is 4.74 Å². The lowest BCUT2D eigenvalue weighted by Gasteiger charge is -2.43. The predicted octanol–water partition coefficient (Wildman–Crippen LogP) is 6.13. The molecule has 2 aromatic carbocycles. The average Bonchev–Trinajstić information content (AvgIpc) is 3.29. The lowest BCUT2D eigenvalue weighted by atomic mass is 9.81. The summed E-state index contributed by atoms with van der Waals surface area (Å²) in [5, 5.41) is 13.4. The fourth-order valence-corrected chi connectivity index (χ4v) is 5.89. The number of benzene rings is 2. The quantitative estimate of drug-likeness (QED) is 0.0997. The zero-order valence-electron chi connectivity index (χ0n) is 23.6. The molecule has 1 aliphatic carbocycles. The molecule has 1 amide bonds. The summed E-state index contributed by atoms with van der Waals surface area (Å²) < 4.78 is 47.3. The van der Waals surface area contributed by atoms with Crippen molar-refractivity contribution in [2.24, 2.45) is 0 Å². The molecule has 0 saturated heterocycles. The maximum Gasteiger partial charge on any atom is 0.406 e. The van der Waals surface area contributed by atoms with Crippen LogP contribution in [0.1, 0.15) is 48.7 Å². The first-order valence-electron chi connectivity index (χ1n) is 13.4. The van der Waals surface area contributed by atoms with Crippen LogP contribution in [0.4, 0.5) is 24.5 Å². The third kappa shape index (κ3) is 7.40. The Kier molecular flexibility index (Phi) is 9.33. The van der Waals surface area contributed by atoms with Crippen molar-refractivity contribution in [2.75, 3.05) is 38.4 Å². The number of nitrogens with zero attached hydrogens (tertiary/aromatic N) is 1. The molecule has 0 unspecified atom stereocenters. The Hall–Kier alpha value is -3.11. The standard InChI is InChI=1S/C30H35F3IN5O2/c1-28(36-3)12-14-29(34,15-13-28)38-23-8-5-9-25-22(23)18-21(39(25)19-30(31,32)33)7-6-16-37-24-11-10-20(27(40)35-2)17-26(24)41-4/h5,8-11,17-18,36-38H,12-16,19H2,1-4H3,(H,35,40). The molecule has 4 N–H and O–H groups in total. The summed E-state index contributed by atoms with van der Waals surface area (Å²) in [7, 11) is 5.02. The highest BCUT2D eigenvalue weighted by Gasteiger charge is 2.38. The van der Waals surface area contributed by atoms with Gasteiger partial charge in [-0.05, 0) is 82.0 Å². The normalized spacial score (nSPS) is 20.7. The number of aromatic nitrogens is 1. The Morgan fingerprint density at radius 2 is 1.83 bits per heavy atom. The molecular formula is C30H35F3IN5O2. The van der Waals surface area contributed by atoms with Crippen LogP contribution in [0, 0.1) is 11.8 Å². The smallest absolute Gasteiger partial charge is 0.406 e. The minimum atomic E-state index is -4.41. The predicted molar refractivity (Wildman–Crippen MR) is 166 cm³/mol. The number of alkyl halides is 4. The van der Waals surface area contributed by atoms with Gasteiger partial charge in [-0.3, -0.25) is 4.79 Å². The van der Waals surface area contributed by atoms with Gasteiger partial charge in [0.1, 0.15) is 12.3 Å². The zero-order chi connectivity index (χ0) is 29.8. The maximum absolute atomic E-state index is 13.6. The fraction of sp³-hybridized carbons (Fsp3) is 0.433. The van der Waals surface area contributed by atoms with Gasteiger partial charge in [-0.25, -0.2) is 0 Å². The summed E-state index contributed by atoms with van der Waals surface area (Å²) in [4.78, 5) is 11.9. The van der Waals surface area contributed by atoms with Crippen LogP contribution in [0.3, 0.4) is 0 Å². The summed E-state index contributed by atoms with van der Waals surface area (Å²) in [6.45, 7) is 1.24. The molecule has 41 heavy (non-hydrogen) atoms. The lowest BCUT2D eigenvalue weighted by molar-refractivity contribution is -0.140. The van der Waals surface area contributed by atoms with Crippen molar-refractivity contribution >= 4 is 50.8 Å². The fourth-order valence-electron chi connectivity index (χ4n) is 5.06. The zero-order valence-corrected chi connectivity index (χ0v) is 25.7. The number of ether oxygens (including phenoxy) is 1. The van der Waals surface area contributed by atoms with Crippen molar-refractivity contribution in [3.05, 3.63) is 53.7 Å². The summed E-state index contributed by atoms with van der Waals surface area (Å²) in [5.41, 5.74) is 2.71. The molecule has 0 aliphatic heterocycles. The van der Waals surface area contributed by atoms with Gasteiger partial charge < -0.3 is 30.6 Å². The van der Waals surface area contributed by atoms with Gasteiger partial charge in [0.2, 0.25) is 0 Å². The van der Waals surface area contributed by atoms with Gasteiger partial charge >= 0.3 is 6.18 Å². The highest BCUT2D eigenvalue weighted by Crippen LogP contribution is 2.42. The van der Waals surface area contributed by atoms with E-state index in [-0.39, 0.29) is 27.2 Å². The van der Waals surface area contributed by atoms with Crippen molar-refractivity contribution < 1.29 is 22.7 Å². The second kappa shape index (κ2) is 12.4. The van der Waals surface area contributed by atoms with Gasteiger partial charge in [-0.1, -0.05) is 34.6 Å². The van der Waals surface area contributed by atoms with Crippen LogP contribution in [0.2, 0.25) is 0 Å². The van der Waals surface area contributed by atoms with Gasteiger partial charge in [-0.15, -0.1) is 0 Å². The number of hydrogen-bond donors (Lipinski definition) is 4. The molecular weight excluding hydrogens is 646 g/mol. The van der Waals surface area contributed by atoms with Gasteiger partial charge in [0.25, 0.3) is 5.91 Å². The molecule has 0 spiro atoms. The van der Waals surface area contributed by atoms with Gasteiger partial charge in [0, 0.05) is 29.2 Å². The van der Waals surface area contributed by atoms with Crippen molar-refractivity contribution in [3.8, 4) is 17.6 Å². The number of carbonyl (C=O) groups is 1. The van der Waals surface area contributed by atoms with E-state index >= 15 is 0 Å². The highest BCUT2D eigenvalue weighted by molar-refractivity contribution is 14.1. The summed E-state index contributed by atoms with van der Waals surface area (Å²) in [6.07, 6.45) is -0.566. The molecule has 0 bridgehead atoms. The molecule has 7 nitrogen and oxygen atoms in total. The average molecular weight is 682 g/mol. The minimum Gasteiger partial charge on any atom is -0.495 e. The van der Waals surface area contributed by atoms with Crippen LogP contribution in [0.5, 0.6) is 5.75 Å². The number of rotatable bonds is 8. The number of fused-ring (bicyclic) bond motifs is 1.